The Kier molecular flexibility index (Phi) is 9.87. The van der Waals surface area contributed by atoms with Crippen LogP contribution >= 0.6 is 0 Å². The van der Waals surface area contributed by atoms with Gasteiger partial charge in [-0.3, -0.25) is 9.63 Å². The highest BCUT2D eigenvalue weighted by atomic mass is 35.5. The maximum atomic E-state index is 9.93. The van der Waals surface area contributed by atoms with Gasteiger partial charge in [-0.2, -0.15) is 0 Å². The summed E-state index contributed by atoms with van der Waals surface area (Å²) in [4.78, 5) is 14.5. The average Bonchev–Trinajstić information content (AvgIpc) is 1.83. The number of carbonyl (C=O) groups excluding carboxylic acids is 1. The molecule has 0 bridgehead atoms. The fourth-order valence-corrected chi connectivity index (χ4v) is 0.407. The third kappa shape index (κ3) is 5.59. The average molecular weight is 153 g/mol. The Balaban J connectivity index is 0. The Hall–Kier alpha value is -0.280. The summed E-state index contributed by atoms with van der Waals surface area (Å²) in [5.41, 5.74) is 0. The van der Waals surface area contributed by atoms with Crippen LogP contribution in [0.1, 0.15) is 13.3 Å². The molecule has 4 heteroatoms. The van der Waals surface area contributed by atoms with Crippen molar-refractivity contribution >= 4 is 6.41 Å². The Morgan fingerprint density at radius 3 is 2.33 bits per heavy atom. The van der Waals surface area contributed by atoms with E-state index in [-0.39, 0.29) is 12.4 Å². The molecule has 0 spiro atoms. The van der Waals surface area contributed by atoms with Gasteiger partial charge in [0.2, 0.25) is 6.41 Å². The molecule has 1 amide bonds. The van der Waals surface area contributed by atoms with E-state index in [0.29, 0.717) is 13.0 Å². The van der Waals surface area contributed by atoms with E-state index in [0.717, 1.165) is 6.42 Å². The fourth-order valence-electron chi connectivity index (χ4n) is 0.407. The van der Waals surface area contributed by atoms with Crippen LogP contribution in [-0.2, 0) is 9.63 Å². The number of hydrogen-bond acceptors (Lipinski definition) is 2. The normalized spacial score (nSPS) is 7.78. The molecule has 3 nitrogen and oxygen atoms in total. The van der Waals surface area contributed by atoms with Gasteiger partial charge in [0.15, 0.2) is 0 Å². The minimum Gasteiger partial charge on any atom is -1.00 e. The van der Waals surface area contributed by atoms with Crippen molar-refractivity contribution in [2.24, 2.45) is 0 Å². The van der Waals surface area contributed by atoms with E-state index in [9.17, 15) is 4.79 Å². The highest BCUT2D eigenvalue weighted by Gasteiger charge is 1.92. The third-order valence-electron chi connectivity index (χ3n) is 0.796. The van der Waals surface area contributed by atoms with Crippen molar-refractivity contribution in [2.45, 2.75) is 13.3 Å². The van der Waals surface area contributed by atoms with E-state index in [1.165, 1.54) is 12.2 Å². The summed E-state index contributed by atoms with van der Waals surface area (Å²) < 4.78 is 0. The highest BCUT2D eigenvalue weighted by molar-refractivity contribution is 5.44. The van der Waals surface area contributed by atoms with Crippen LogP contribution in [0, 0.1) is 0 Å². The zero-order chi connectivity index (χ0) is 6.41. The van der Waals surface area contributed by atoms with Gasteiger partial charge in [-0.25, -0.2) is 5.06 Å². The first kappa shape index (κ1) is 11.5. The molecular formula is C5H11ClNO2-. The SMILES string of the molecule is CCCN(C=O)OC.[Cl-]. The summed E-state index contributed by atoms with van der Waals surface area (Å²) in [7, 11) is 1.48. The number of carbonyl (C=O) groups is 1. The molecule has 0 fully saturated rings. The molecular weight excluding hydrogens is 142 g/mol. The summed E-state index contributed by atoms with van der Waals surface area (Å²) in [5, 5.41) is 1.25. The molecule has 0 saturated carbocycles. The molecule has 9 heavy (non-hydrogen) atoms. The van der Waals surface area contributed by atoms with Gasteiger partial charge in [0.25, 0.3) is 0 Å². The van der Waals surface area contributed by atoms with Crippen LogP contribution in [0.3, 0.4) is 0 Å². The van der Waals surface area contributed by atoms with Gasteiger partial charge in [-0.1, -0.05) is 6.92 Å². The number of amides is 1. The number of hydroxylamine groups is 2. The van der Waals surface area contributed by atoms with Crippen molar-refractivity contribution in [3.63, 3.8) is 0 Å². The fraction of sp³-hybridized carbons (Fsp3) is 0.800. The number of hydrogen-bond donors (Lipinski definition) is 0. The molecule has 0 aromatic carbocycles. The van der Waals surface area contributed by atoms with E-state index >= 15 is 0 Å². The number of rotatable bonds is 4. The predicted octanol–water partition coefficient (Wildman–Crippen LogP) is -2.58. The van der Waals surface area contributed by atoms with Crippen LogP contribution in [0.15, 0.2) is 0 Å². The van der Waals surface area contributed by atoms with Crippen LogP contribution in [-0.4, -0.2) is 25.1 Å². The lowest BCUT2D eigenvalue weighted by Gasteiger charge is -2.10. The van der Waals surface area contributed by atoms with E-state index in [4.69, 9.17) is 0 Å². The highest BCUT2D eigenvalue weighted by Crippen LogP contribution is 1.83. The minimum atomic E-state index is 0. The third-order valence-corrected chi connectivity index (χ3v) is 0.796. The van der Waals surface area contributed by atoms with Crippen molar-refractivity contribution in [3.8, 4) is 0 Å². The topological polar surface area (TPSA) is 29.5 Å². The minimum absolute atomic E-state index is 0. The number of nitrogens with zero attached hydrogens (tertiary/aromatic N) is 1. The largest absolute Gasteiger partial charge is 1.00 e. The summed E-state index contributed by atoms with van der Waals surface area (Å²) in [5.74, 6) is 0. The standard InChI is InChI=1S/C5H11NO2.ClH/c1-3-4-6(5-7)8-2;/h5H,3-4H2,1-2H3;1H/p-1. The quantitative estimate of drug-likeness (QED) is 0.327. The molecule has 0 aliphatic heterocycles. The van der Waals surface area contributed by atoms with Gasteiger partial charge in [0.05, 0.1) is 7.11 Å². The Morgan fingerprint density at radius 1 is 1.67 bits per heavy atom. The molecule has 56 valence electrons. The van der Waals surface area contributed by atoms with Crippen molar-refractivity contribution < 1.29 is 22.0 Å². The van der Waals surface area contributed by atoms with Crippen LogP contribution in [0.25, 0.3) is 0 Å². The molecule has 0 atom stereocenters. The number of halogens is 1. The zero-order valence-corrected chi connectivity index (χ0v) is 6.39. The first-order valence-corrected chi connectivity index (χ1v) is 2.61. The van der Waals surface area contributed by atoms with Crippen LogP contribution in [0.5, 0.6) is 0 Å². The summed E-state index contributed by atoms with van der Waals surface area (Å²) in [6.07, 6.45) is 1.59. The van der Waals surface area contributed by atoms with Gasteiger partial charge in [0.1, 0.15) is 0 Å². The van der Waals surface area contributed by atoms with Crippen LogP contribution in [0.4, 0.5) is 0 Å². The van der Waals surface area contributed by atoms with E-state index in [1.807, 2.05) is 6.92 Å². The van der Waals surface area contributed by atoms with E-state index < -0.39 is 0 Å². The molecule has 0 saturated heterocycles. The Bertz CT molecular complexity index is 70.0. The molecule has 0 unspecified atom stereocenters. The molecule has 0 aromatic heterocycles. The molecule has 0 N–H and O–H groups in total. The molecule has 0 aliphatic carbocycles. The van der Waals surface area contributed by atoms with Gasteiger partial charge >= 0.3 is 0 Å². The Morgan fingerprint density at radius 2 is 2.22 bits per heavy atom. The van der Waals surface area contributed by atoms with E-state index in [1.54, 1.807) is 0 Å². The molecule has 0 aliphatic rings. The van der Waals surface area contributed by atoms with Crippen molar-refractivity contribution in [1.82, 2.24) is 5.06 Å². The maximum absolute atomic E-state index is 9.93. The second-order valence-electron chi connectivity index (χ2n) is 1.43. The lowest BCUT2D eigenvalue weighted by atomic mass is 10.5. The molecule has 0 aromatic rings. The van der Waals surface area contributed by atoms with Gasteiger partial charge in [-0.05, 0) is 6.42 Å². The summed E-state index contributed by atoms with van der Waals surface area (Å²) in [6, 6.07) is 0. The summed E-state index contributed by atoms with van der Waals surface area (Å²) in [6.45, 7) is 2.65. The van der Waals surface area contributed by atoms with Gasteiger partial charge < -0.3 is 12.4 Å². The monoisotopic (exact) mass is 152 g/mol. The first-order valence-electron chi connectivity index (χ1n) is 2.61. The maximum Gasteiger partial charge on any atom is 0.233 e. The van der Waals surface area contributed by atoms with Gasteiger partial charge in [0, 0.05) is 6.54 Å². The molecule has 0 radical (unpaired) electrons. The van der Waals surface area contributed by atoms with E-state index in [2.05, 4.69) is 4.84 Å². The first-order chi connectivity index (χ1) is 3.85. The summed E-state index contributed by atoms with van der Waals surface area (Å²) >= 11 is 0. The Labute approximate surface area is 61.3 Å². The van der Waals surface area contributed by atoms with Gasteiger partial charge in [-0.15, -0.1) is 0 Å². The van der Waals surface area contributed by atoms with Crippen molar-refractivity contribution in [1.29, 1.82) is 0 Å². The second kappa shape index (κ2) is 7.72. The predicted molar refractivity (Wildman–Crippen MR) is 30.1 cm³/mol. The second-order valence-corrected chi connectivity index (χ2v) is 1.43. The lowest BCUT2D eigenvalue weighted by molar-refractivity contribution is -0.160. The van der Waals surface area contributed by atoms with Crippen LogP contribution in [0.2, 0.25) is 0 Å². The van der Waals surface area contributed by atoms with Crippen molar-refractivity contribution in [3.05, 3.63) is 0 Å². The molecule has 0 rings (SSSR count). The van der Waals surface area contributed by atoms with Crippen LogP contribution < -0.4 is 12.4 Å². The lowest BCUT2D eigenvalue weighted by Crippen LogP contribution is -3.00. The molecule has 0 heterocycles. The van der Waals surface area contributed by atoms with Crippen molar-refractivity contribution in [2.75, 3.05) is 13.7 Å². The smallest absolute Gasteiger partial charge is 0.233 e. The zero-order valence-electron chi connectivity index (χ0n) is 5.63.